The summed E-state index contributed by atoms with van der Waals surface area (Å²) in [7, 11) is 0. The first kappa shape index (κ1) is 106. The number of nitrogen functional groups attached to an aromatic ring is 1. The van der Waals surface area contributed by atoms with E-state index in [4.69, 9.17) is 90.4 Å². The number of carbonyl (C=O) groups excluding carboxylic acids is 3. The van der Waals surface area contributed by atoms with Crippen LogP contribution in [0, 0.1) is 17.5 Å². The van der Waals surface area contributed by atoms with E-state index in [1.54, 1.807) is 57.2 Å². The fourth-order valence-corrected chi connectivity index (χ4v) is 20.7. The maximum absolute atomic E-state index is 15.4. The SMILES string of the molecule is C=CC(=O)N1CCN(c2nc(=O)n(-c3c(C(C)C)nc(N4CCNCC4)nc3C(C)C)c3nc(-c4c(N)cccc4F)c(Cl)cc23)[C@@H](C)C1.C=CC(=O)N1CCN(c2nc(=O)n(-c3c(C(C)C)nc(N4CCNCC4)nc3C(C)C)c3nc(-c4c(O)cccc4F)c(Cl)cc23)[C@@H](C)C1.C=CC(=O)N1C[C@H](C)N(c2nc(=O)n(-c3c(C(C)C)nc(N4CCNCC4)nc3C(C)C)c3nc(-c4ccccc4F)c(Cl)cc23)C[C@H]1C. The molecule has 41 heteroatoms. The largest absolute Gasteiger partial charge is 0.507 e. The number of aromatic hydroxyl groups is 1. The van der Waals surface area contributed by atoms with Crippen molar-refractivity contribution in [3.63, 3.8) is 0 Å². The second-order valence-corrected chi connectivity index (χ2v) is 40.9. The number of hydrogen-bond acceptors (Lipinski definition) is 29. The highest BCUT2D eigenvalue weighted by Crippen LogP contribution is 2.46. The monoisotopic (exact) mass is 2060 g/mol. The lowest BCUT2D eigenvalue weighted by Gasteiger charge is -2.44. The van der Waals surface area contributed by atoms with Gasteiger partial charge in [-0.2, -0.15) is 15.0 Å². The molecule has 0 unspecified atom stereocenters. The fraction of sp³-hybridized carbons (Fsp3) is 0.434. The molecule has 0 bridgehead atoms. The molecule has 6 fully saturated rings. The highest BCUT2D eigenvalue weighted by Gasteiger charge is 2.40. The molecule has 0 radical (unpaired) electrons. The van der Waals surface area contributed by atoms with Crippen molar-refractivity contribution in [3.8, 4) is 56.6 Å². The molecule has 0 spiro atoms. The van der Waals surface area contributed by atoms with Gasteiger partial charge in [0, 0.05) is 166 Å². The number of aromatic nitrogens is 15. The Kier molecular flexibility index (Phi) is 32.2. The van der Waals surface area contributed by atoms with Crippen molar-refractivity contribution in [3.05, 3.63) is 215 Å². The Hall–Kier alpha value is -13.7. The molecule has 774 valence electrons. The van der Waals surface area contributed by atoms with Crippen molar-refractivity contribution in [2.24, 2.45) is 0 Å². The summed E-state index contributed by atoms with van der Waals surface area (Å²) in [4.78, 5) is 158. The van der Waals surface area contributed by atoms with Gasteiger partial charge in [0.15, 0.2) is 16.9 Å². The number of nitrogens with two attached hydrogens (primary N) is 1. The van der Waals surface area contributed by atoms with E-state index in [1.165, 1.54) is 68.3 Å². The number of phenolic OH excluding ortho intramolecular Hbond substituents is 1. The van der Waals surface area contributed by atoms with Gasteiger partial charge in [-0.15, -0.1) is 0 Å². The van der Waals surface area contributed by atoms with E-state index in [0.29, 0.717) is 155 Å². The number of hydrogen-bond donors (Lipinski definition) is 5. The van der Waals surface area contributed by atoms with Gasteiger partial charge >= 0.3 is 17.1 Å². The lowest BCUT2D eigenvalue weighted by Crippen LogP contribution is -2.58. The summed E-state index contributed by atoms with van der Waals surface area (Å²) in [5.74, 6) is -0.369. The van der Waals surface area contributed by atoms with Gasteiger partial charge in [0.2, 0.25) is 35.6 Å². The Morgan fingerprint density at radius 3 is 1.05 bits per heavy atom. The number of phenols is 1. The quantitative estimate of drug-likeness (QED) is 0.0329. The van der Waals surface area contributed by atoms with Crippen LogP contribution in [-0.4, -0.2) is 266 Å². The first-order valence-electron chi connectivity index (χ1n) is 50.1. The lowest BCUT2D eigenvalue weighted by atomic mass is 10.0. The van der Waals surface area contributed by atoms with Gasteiger partial charge in [-0.3, -0.25) is 14.4 Å². The van der Waals surface area contributed by atoms with Gasteiger partial charge < -0.3 is 70.9 Å². The standard InChI is InChI=1S/C36H43ClFN9O2.C35H42ClFN10O2.C35H41ClFN9O3/c1-8-28(48)45-18-23(7)46(19-22(45)6)33-25-17-26(37)31(24-11-9-10-12-27(24)38)40-34(25)47(36(49)43-33)32-29(20(2)3)41-35(42-30(32)21(4)5)44-15-13-39-14-16-44;1-7-26(48)45-15-16-46(21(6)18-45)32-22-17-23(36)30(27-24(37)9-8-10-25(27)38)40-33(22)47(35(49)43-32)31-28(19(2)3)41-34(42-29(31)20(4)5)44-13-11-39-12-14-44;1-7-26(48)44-15-16-45(21(6)18-44)32-22-17-23(36)30(27-24(37)9-8-10-25(27)47)39-33(22)46(35(49)42-32)31-28(19(2)3)40-34(41-29(31)20(4)5)43-13-11-38-12-14-43/h8-12,17,20-23,39H,1,13-16,18-19H2,2-7H3;7-10,17,19-21,39H,1,11-16,18,38H2,2-6H3;7-10,17,19-21,38,47H,1,11-16,18H2,2-6H3/t22-,23+;2*21-/m100/s1. The van der Waals surface area contributed by atoms with Gasteiger partial charge in [-0.1, -0.05) is 162 Å². The molecule has 4 atom stereocenters. The minimum Gasteiger partial charge on any atom is -0.507 e. The molecule has 6 saturated heterocycles. The number of benzene rings is 3. The van der Waals surface area contributed by atoms with Crippen LogP contribution in [0.5, 0.6) is 5.75 Å². The first-order chi connectivity index (χ1) is 70.2. The smallest absolute Gasteiger partial charge is 0.355 e. The summed E-state index contributed by atoms with van der Waals surface area (Å²) < 4.78 is 50.3. The van der Waals surface area contributed by atoms with Crippen LogP contribution in [0.4, 0.5) is 54.2 Å². The van der Waals surface area contributed by atoms with Crippen molar-refractivity contribution >= 4 is 127 Å². The highest BCUT2D eigenvalue weighted by atomic mass is 35.5. The summed E-state index contributed by atoms with van der Waals surface area (Å²) in [5, 5.41) is 22.7. The summed E-state index contributed by atoms with van der Waals surface area (Å²) >= 11 is 20.7. The predicted octanol–water partition coefficient (Wildman–Crippen LogP) is 14.4. The molecule has 147 heavy (non-hydrogen) atoms. The van der Waals surface area contributed by atoms with Crippen LogP contribution in [0.2, 0.25) is 15.1 Å². The number of pyridine rings is 3. The maximum atomic E-state index is 15.4. The number of piperazine rings is 6. The summed E-state index contributed by atoms with van der Waals surface area (Å²) in [6, 6.07) is 18.8. The van der Waals surface area contributed by atoms with Crippen LogP contribution in [0.25, 0.3) is 83.9 Å². The van der Waals surface area contributed by atoms with Crippen molar-refractivity contribution in [2.75, 3.05) is 166 Å². The minimum absolute atomic E-state index is 0.0277. The molecule has 0 saturated carbocycles. The molecule has 18 rings (SSSR count). The Morgan fingerprint density at radius 1 is 0.388 bits per heavy atom. The van der Waals surface area contributed by atoms with Crippen LogP contribution < -0.4 is 68.2 Å². The molecular weight excluding hydrogens is 1940 g/mol. The number of anilines is 7. The van der Waals surface area contributed by atoms with E-state index >= 15 is 13.2 Å². The second-order valence-electron chi connectivity index (χ2n) is 39.7. The third-order valence-corrected chi connectivity index (χ3v) is 28.3. The zero-order valence-electron chi connectivity index (χ0n) is 85.7. The topological polar surface area (TPSA) is 383 Å². The van der Waals surface area contributed by atoms with E-state index in [9.17, 15) is 33.9 Å². The second kappa shape index (κ2) is 44.6. The molecule has 0 aliphatic carbocycles. The Bertz CT molecular complexity index is 6890. The third-order valence-electron chi connectivity index (χ3n) is 27.5. The first-order valence-corrected chi connectivity index (χ1v) is 51.2. The number of amides is 3. The highest BCUT2D eigenvalue weighted by molar-refractivity contribution is 6.35. The predicted molar refractivity (Wildman–Crippen MR) is 575 cm³/mol. The number of nitrogens with zero attached hydrogens (tertiary/aromatic N) is 24. The molecule has 35 nitrogen and oxygen atoms in total. The average Bonchev–Trinajstić information content (AvgIpc) is 0.733. The Labute approximate surface area is 866 Å². The van der Waals surface area contributed by atoms with Gasteiger partial charge in [0.1, 0.15) is 40.7 Å². The molecule has 3 aromatic carbocycles. The van der Waals surface area contributed by atoms with Gasteiger partial charge in [-0.05, 0) is 136 Å². The Morgan fingerprint density at radius 2 is 0.707 bits per heavy atom. The van der Waals surface area contributed by atoms with Crippen LogP contribution in [0.1, 0.15) is 180 Å². The zero-order chi connectivity index (χ0) is 105. The van der Waals surface area contributed by atoms with Crippen molar-refractivity contribution in [1.82, 2.24) is 104 Å². The van der Waals surface area contributed by atoms with Gasteiger partial charge in [0.25, 0.3) is 0 Å². The molecule has 12 aromatic rings. The normalized spacial score (nSPS) is 17.5. The van der Waals surface area contributed by atoms with Crippen LogP contribution in [0.3, 0.4) is 0 Å². The molecule has 9 aromatic heterocycles. The van der Waals surface area contributed by atoms with Crippen molar-refractivity contribution in [1.29, 1.82) is 0 Å². The third kappa shape index (κ3) is 21.2. The molecule has 6 aliphatic heterocycles. The summed E-state index contributed by atoms with van der Waals surface area (Å²) in [6.45, 7) is 55.6. The number of halogens is 6. The van der Waals surface area contributed by atoms with E-state index < -0.39 is 34.5 Å². The molecule has 3 amide bonds. The molecule has 15 heterocycles. The summed E-state index contributed by atoms with van der Waals surface area (Å²) in [6.07, 6.45) is 3.90. The summed E-state index contributed by atoms with van der Waals surface area (Å²) in [5.41, 5.74) is 11.1. The fourth-order valence-electron chi connectivity index (χ4n) is 19.9. The van der Waals surface area contributed by atoms with Crippen molar-refractivity contribution in [2.45, 2.75) is 170 Å². The average molecular weight is 2070 g/mol. The van der Waals surface area contributed by atoms with E-state index in [2.05, 4.69) is 60.4 Å². The number of fused-ring (bicyclic) bond motifs is 3. The van der Waals surface area contributed by atoms with Crippen LogP contribution in [-0.2, 0) is 14.4 Å². The van der Waals surface area contributed by atoms with Gasteiger partial charge in [0.05, 0.1) is 111 Å². The van der Waals surface area contributed by atoms with E-state index in [1.807, 2.05) is 125 Å². The van der Waals surface area contributed by atoms with Crippen molar-refractivity contribution < 1.29 is 32.7 Å². The Balaban J connectivity index is 0.000000158. The number of rotatable bonds is 21. The minimum atomic E-state index is -0.719. The van der Waals surface area contributed by atoms with Gasteiger partial charge in [-0.25, -0.2) is 86.1 Å². The van der Waals surface area contributed by atoms with E-state index in [-0.39, 0.29) is 155 Å². The van der Waals surface area contributed by atoms with E-state index in [0.717, 1.165) is 78.5 Å². The number of carbonyl (C=O) groups is 3. The number of nitrogens with one attached hydrogen (secondary N) is 3. The maximum Gasteiger partial charge on any atom is 0.355 e. The molecular formula is C106H126Cl3F3N28O7. The zero-order valence-corrected chi connectivity index (χ0v) is 88.0. The molecule has 6 N–H and O–H groups in total. The van der Waals surface area contributed by atoms with Crippen LogP contribution in [0.15, 0.2) is 131 Å². The molecule has 6 aliphatic rings. The van der Waals surface area contributed by atoms with Crippen LogP contribution >= 0.6 is 34.8 Å². The lowest BCUT2D eigenvalue weighted by molar-refractivity contribution is -0.129.